The Balaban J connectivity index is 2.36. The molecular weight excluding hydrogens is 262 g/mol. The fraction of sp³-hybridized carbons (Fsp3) is 0.412. The predicted molar refractivity (Wildman–Crippen MR) is 86.4 cm³/mol. The van der Waals surface area contributed by atoms with E-state index in [2.05, 4.69) is 16.9 Å². The molecule has 0 radical (unpaired) electrons. The summed E-state index contributed by atoms with van der Waals surface area (Å²) in [7, 11) is 0. The number of nitrogens with zero attached hydrogens (tertiary/aromatic N) is 2. The summed E-state index contributed by atoms with van der Waals surface area (Å²) < 4.78 is 5.66. The molecule has 0 aliphatic heterocycles. The number of rotatable bonds is 5. The highest BCUT2D eigenvalue weighted by atomic mass is 16.5. The molecule has 0 saturated heterocycles. The van der Waals surface area contributed by atoms with Gasteiger partial charge in [-0.05, 0) is 51.5 Å². The molecule has 0 spiro atoms. The SMILES string of the molecule is CCCc1nc(N)c(C)c(-c2ccc(OC(C)C)cc2)n1. The van der Waals surface area contributed by atoms with Gasteiger partial charge in [-0.2, -0.15) is 0 Å². The molecule has 4 nitrogen and oxygen atoms in total. The Bertz CT molecular complexity index is 606. The van der Waals surface area contributed by atoms with E-state index in [-0.39, 0.29) is 6.10 Å². The summed E-state index contributed by atoms with van der Waals surface area (Å²) in [4.78, 5) is 9.00. The molecule has 0 atom stereocenters. The summed E-state index contributed by atoms with van der Waals surface area (Å²) in [6.45, 7) is 8.09. The molecule has 1 aromatic carbocycles. The highest BCUT2D eigenvalue weighted by Gasteiger charge is 2.10. The van der Waals surface area contributed by atoms with Crippen molar-refractivity contribution in [3.63, 3.8) is 0 Å². The lowest BCUT2D eigenvalue weighted by molar-refractivity contribution is 0.242. The topological polar surface area (TPSA) is 61.0 Å². The van der Waals surface area contributed by atoms with Crippen LogP contribution in [0.4, 0.5) is 5.82 Å². The van der Waals surface area contributed by atoms with Crippen molar-refractivity contribution in [1.82, 2.24) is 9.97 Å². The Hall–Kier alpha value is -2.10. The van der Waals surface area contributed by atoms with E-state index in [4.69, 9.17) is 10.5 Å². The fourth-order valence-corrected chi connectivity index (χ4v) is 2.16. The van der Waals surface area contributed by atoms with E-state index in [1.54, 1.807) is 0 Å². The third-order valence-electron chi connectivity index (χ3n) is 3.20. The largest absolute Gasteiger partial charge is 0.491 e. The molecular formula is C17H23N3O. The van der Waals surface area contributed by atoms with Crippen LogP contribution in [0.5, 0.6) is 5.75 Å². The Morgan fingerprint density at radius 3 is 2.38 bits per heavy atom. The Labute approximate surface area is 126 Å². The zero-order valence-electron chi connectivity index (χ0n) is 13.2. The van der Waals surface area contributed by atoms with Crippen molar-refractivity contribution >= 4 is 5.82 Å². The second-order valence-electron chi connectivity index (χ2n) is 5.44. The Morgan fingerprint density at radius 2 is 1.81 bits per heavy atom. The van der Waals surface area contributed by atoms with Crippen molar-refractivity contribution in [2.24, 2.45) is 0 Å². The molecule has 1 heterocycles. The molecule has 21 heavy (non-hydrogen) atoms. The third-order valence-corrected chi connectivity index (χ3v) is 3.20. The quantitative estimate of drug-likeness (QED) is 0.908. The first-order valence-electron chi connectivity index (χ1n) is 7.41. The van der Waals surface area contributed by atoms with Crippen molar-refractivity contribution in [2.45, 2.75) is 46.6 Å². The third kappa shape index (κ3) is 3.72. The van der Waals surface area contributed by atoms with Crippen molar-refractivity contribution in [2.75, 3.05) is 5.73 Å². The van der Waals surface area contributed by atoms with Gasteiger partial charge in [0.1, 0.15) is 17.4 Å². The molecule has 2 N–H and O–H groups in total. The maximum atomic E-state index is 6.01. The second-order valence-corrected chi connectivity index (χ2v) is 5.44. The van der Waals surface area contributed by atoms with E-state index < -0.39 is 0 Å². The molecule has 2 aromatic rings. The Morgan fingerprint density at radius 1 is 1.14 bits per heavy atom. The zero-order valence-corrected chi connectivity index (χ0v) is 13.2. The number of benzene rings is 1. The number of aryl methyl sites for hydroxylation is 1. The van der Waals surface area contributed by atoms with Crippen molar-refractivity contribution in [3.05, 3.63) is 35.7 Å². The maximum absolute atomic E-state index is 6.01. The molecule has 0 aliphatic carbocycles. The summed E-state index contributed by atoms with van der Waals surface area (Å²) >= 11 is 0. The number of nitrogen functional groups attached to an aromatic ring is 1. The van der Waals surface area contributed by atoms with Crippen LogP contribution < -0.4 is 10.5 Å². The number of anilines is 1. The molecule has 0 amide bonds. The lowest BCUT2D eigenvalue weighted by atomic mass is 10.1. The van der Waals surface area contributed by atoms with Crippen LogP contribution in [-0.2, 0) is 6.42 Å². The second kappa shape index (κ2) is 6.57. The smallest absolute Gasteiger partial charge is 0.131 e. The number of hydrogen-bond donors (Lipinski definition) is 1. The molecule has 0 saturated carbocycles. The van der Waals surface area contributed by atoms with E-state index >= 15 is 0 Å². The van der Waals surface area contributed by atoms with Crippen LogP contribution in [-0.4, -0.2) is 16.1 Å². The standard InChI is InChI=1S/C17H23N3O/c1-5-6-15-19-16(12(4)17(18)20-15)13-7-9-14(10-8-13)21-11(2)3/h7-11H,5-6H2,1-4H3,(H2,18,19,20). The molecule has 2 rings (SSSR count). The predicted octanol–water partition coefficient (Wildman–Crippen LogP) is 3.77. The first-order chi connectivity index (χ1) is 10.0. The van der Waals surface area contributed by atoms with Crippen molar-refractivity contribution in [1.29, 1.82) is 0 Å². The minimum absolute atomic E-state index is 0.170. The van der Waals surface area contributed by atoms with E-state index in [1.165, 1.54) is 0 Å². The van der Waals surface area contributed by atoms with E-state index in [0.717, 1.165) is 41.2 Å². The lowest BCUT2D eigenvalue weighted by Crippen LogP contribution is -2.06. The van der Waals surface area contributed by atoms with Gasteiger partial charge in [0.05, 0.1) is 11.8 Å². The van der Waals surface area contributed by atoms with E-state index in [0.29, 0.717) is 5.82 Å². The van der Waals surface area contributed by atoms with Gasteiger partial charge >= 0.3 is 0 Å². The van der Waals surface area contributed by atoms with Gasteiger partial charge in [0.15, 0.2) is 0 Å². The maximum Gasteiger partial charge on any atom is 0.131 e. The number of ether oxygens (including phenoxy) is 1. The van der Waals surface area contributed by atoms with Crippen LogP contribution in [0, 0.1) is 6.92 Å². The number of aromatic nitrogens is 2. The average Bonchev–Trinajstić information content (AvgIpc) is 2.43. The fourth-order valence-electron chi connectivity index (χ4n) is 2.16. The Kier molecular flexibility index (Phi) is 4.78. The summed E-state index contributed by atoms with van der Waals surface area (Å²) in [6, 6.07) is 7.96. The average molecular weight is 285 g/mol. The van der Waals surface area contributed by atoms with Crippen LogP contribution in [0.15, 0.2) is 24.3 Å². The van der Waals surface area contributed by atoms with Crippen molar-refractivity contribution in [3.8, 4) is 17.0 Å². The van der Waals surface area contributed by atoms with Crippen LogP contribution in [0.3, 0.4) is 0 Å². The summed E-state index contributed by atoms with van der Waals surface area (Å²) in [5.41, 5.74) is 8.87. The monoisotopic (exact) mass is 285 g/mol. The van der Waals surface area contributed by atoms with Crippen LogP contribution in [0.25, 0.3) is 11.3 Å². The van der Waals surface area contributed by atoms with E-state index in [1.807, 2.05) is 45.0 Å². The van der Waals surface area contributed by atoms with Crippen LogP contribution in [0.1, 0.15) is 38.6 Å². The molecule has 1 aromatic heterocycles. The van der Waals surface area contributed by atoms with Gasteiger partial charge in [-0.3, -0.25) is 0 Å². The highest BCUT2D eigenvalue weighted by molar-refractivity contribution is 5.67. The normalized spacial score (nSPS) is 10.9. The highest BCUT2D eigenvalue weighted by Crippen LogP contribution is 2.26. The minimum atomic E-state index is 0.170. The zero-order chi connectivity index (χ0) is 15.4. The van der Waals surface area contributed by atoms with Crippen LogP contribution >= 0.6 is 0 Å². The van der Waals surface area contributed by atoms with Gasteiger partial charge in [0.2, 0.25) is 0 Å². The molecule has 0 fully saturated rings. The van der Waals surface area contributed by atoms with Crippen LogP contribution in [0.2, 0.25) is 0 Å². The lowest BCUT2D eigenvalue weighted by Gasteiger charge is -2.12. The summed E-state index contributed by atoms with van der Waals surface area (Å²) in [5, 5.41) is 0. The summed E-state index contributed by atoms with van der Waals surface area (Å²) in [6.07, 6.45) is 2.01. The molecule has 0 aliphatic rings. The van der Waals surface area contributed by atoms with Gasteiger partial charge in [-0.1, -0.05) is 6.92 Å². The minimum Gasteiger partial charge on any atom is -0.491 e. The van der Waals surface area contributed by atoms with Gasteiger partial charge in [0, 0.05) is 17.5 Å². The molecule has 112 valence electrons. The molecule has 0 bridgehead atoms. The van der Waals surface area contributed by atoms with Gasteiger partial charge in [-0.25, -0.2) is 9.97 Å². The van der Waals surface area contributed by atoms with Gasteiger partial charge < -0.3 is 10.5 Å². The van der Waals surface area contributed by atoms with Gasteiger partial charge in [0.25, 0.3) is 0 Å². The first-order valence-corrected chi connectivity index (χ1v) is 7.41. The summed E-state index contributed by atoms with van der Waals surface area (Å²) in [5.74, 6) is 2.23. The van der Waals surface area contributed by atoms with Crippen molar-refractivity contribution < 1.29 is 4.74 Å². The molecule has 0 unspecified atom stereocenters. The molecule has 4 heteroatoms. The number of nitrogens with two attached hydrogens (primary N) is 1. The van der Waals surface area contributed by atoms with Gasteiger partial charge in [-0.15, -0.1) is 0 Å². The van der Waals surface area contributed by atoms with E-state index in [9.17, 15) is 0 Å². The first kappa shape index (κ1) is 15.3. The number of hydrogen-bond acceptors (Lipinski definition) is 4.